The van der Waals surface area contributed by atoms with Crippen molar-refractivity contribution in [2.75, 3.05) is 13.2 Å². The van der Waals surface area contributed by atoms with Crippen LogP contribution >= 0.6 is 0 Å². The lowest BCUT2D eigenvalue weighted by atomic mass is 9.65. The molecule has 6 aromatic rings. The Morgan fingerprint density at radius 2 is 0.987 bits per heavy atom. The number of ether oxygens (including phenoxy) is 4. The molecule has 2 aliphatic carbocycles. The molecule has 0 saturated heterocycles. The molecule has 2 saturated carbocycles. The molecule has 0 spiro atoms. The van der Waals surface area contributed by atoms with Crippen molar-refractivity contribution in [3.63, 3.8) is 0 Å². The minimum atomic E-state index is -4.71. The summed E-state index contributed by atoms with van der Waals surface area (Å²) in [6.07, 6.45) is 2.61. The van der Waals surface area contributed by atoms with Crippen LogP contribution in [0, 0.1) is 75.9 Å². The minimum Gasteiger partial charge on any atom is -0.494 e. The van der Waals surface area contributed by atoms with Gasteiger partial charge in [-0.2, -0.15) is 17.6 Å². The van der Waals surface area contributed by atoms with Gasteiger partial charge in [-0.3, -0.25) is 0 Å². The molecular weight excluding hydrogens is 1010 g/mol. The maximum Gasteiger partial charge on any atom is 0.432 e. The van der Waals surface area contributed by atoms with Gasteiger partial charge in [0, 0.05) is 30.9 Å². The van der Waals surface area contributed by atoms with Gasteiger partial charge < -0.3 is 18.9 Å². The zero-order valence-corrected chi connectivity index (χ0v) is 40.1. The topological polar surface area (TPSA) is 36.9 Å². The van der Waals surface area contributed by atoms with Crippen molar-refractivity contribution < 1.29 is 80.4 Å². The van der Waals surface area contributed by atoms with E-state index in [-0.39, 0.29) is 53.3 Å². The summed E-state index contributed by atoms with van der Waals surface area (Å²) in [6, 6.07) is 13.8. The van der Waals surface area contributed by atoms with Crippen LogP contribution in [0.5, 0.6) is 17.2 Å². The first-order valence-electron chi connectivity index (χ1n) is 24.5. The molecule has 5 atom stereocenters. The third-order valence-electron chi connectivity index (χ3n) is 14.2. The molecule has 8 rings (SSSR count). The second kappa shape index (κ2) is 23.3. The maximum absolute atomic E-state index is 15.1. The van der Waals surface area contributed by atoms with Gasteiger partial charge in [-0.1, -0.05) is 30.7 Å². The van der Waals surface area contributed by atoms with Gasteiger partial charge in [0.1, 0.15) is 51.6 Å². The van der Waals surface area contributed by atoms with E-state index >= 15 is 17.6 Å². The molecule has 18 heteroatoms. The zero-order chi connectivity index (χ0) is 53.8. The molecule has 0 aromatic heterocycles. The minimum absolute atomic E-state index is 0.0692. The van der Waals surface area contributed by atoms with Crippen molar-refractivity contribution in [3.8, 4) is 28.4 Å². The molecule has 0 amide bonds. The Labute approximate surface area is 423 Å². The number of unbranched alkanes of at least 4 members (excludes halogenated alkanes) is 2. The van der Waals surface area contributed by atoms with Crippen molar-refractivity contribution in [1.82, 2.24) is 0 Å². The predicted molar refractivity (Wildman–Crippen MR) is 251 cm³/mol. The van der Waals surface area contributed by atoms with Crippen LogP contribution in [-0.2, 0) is 17.0 Å². The summed E-state index contributed by atoms with van der Waals surface area (Å²) in [5.41, 5.74) is -3.05. The van der Waals surface area contributed by atoms with Crippen LogP contribution in [0.3, 0.4) is 0 Å². The Bertz CT molecular complexity index is 2930. The van der Waals surface area contributed by atoms with E-state index in [4.69, 9.17) is 9.47 Å². The summed E-state index contributed by atoms with van der Waals surface area (Å²) in [5.74, 6) is -18.7. The Balaban J connectivity index is 0.723. The van der Waals surface area contributed by atoms with Gasteiger partial charge in [-0.25, -0.2) is 43.9 Å². The van der Waals surface area contributed by atoms with Gasteiger partial charge in [0.25, 0.3) is 0 Å². The van der Waals surface area contributed by atoms with Crippen LogP contribution < -0.4 is 14.2 Å². The van der Waals surface area contributed by atoms with Crippen LogP contribution in [-0.4, -0.2) is 19.3 Å². The fourth-order valence-electron chi connectivity index (χ4n) is 10.3. The van der Waals surface area contributed by atoms with E-state index in [0.29, 0.717) is 66.7 Å². The quantitative estimate of drug-likeness (QED) is 0.0312. The average Bonchev–Trinajstić information content (AvgIpc) is 3.35. The van der Waals surface area contributed by atoms with Crippen molar-refractivity contribution >= 4 is 10.8 Å². The molecule has 0 N–H and O–H groups in total. The molecule has 5 unspecified atom stereocenters. The number of benzene rings is 6. The van der Waals surface area contributed by atoms with Crippen LogP contribution in [0.2, 0.25) is 0 Å². The molecule has 0 aliphatic heterocycles. The van der Waals surface area contributed by atoms with E-state index in [1.165, 1.54) is 0 Å². The predicted octanol–water partition coefficient (Wildman–Crippen LogP) is 17.4. The third-order valence-corrected chi connectivity index (χ3v) is 14.2. The molecule has 0 bridgehead atoms. The van der Waals surface area contributed by atoms with E-state index in [0.717, 1.165) is 81.7 Å². The Hall–Kier alpha value is -6.30. The van der Waals surface area contributed by atoms with Gasteiger partial charge >= 0.3 is 12.2 Å². The number of fused-ring (bicyclic) bond motifs is 2. The summed E-state index contributed by atoms with van der Waals surface area (Å²) in [5, 5.41) is 1.42. The van der Waals surface area contributed by atoms with Crippen LogP contribution in [0.25, 0.3) is 21.9 Å². The second-order valence-corrected chi connectivity index (χ2v) is 19.2. The van der Waals surface area contributed by atoms with Crippen molar-refractivity contribution in [3.05, 3.63) is 172 Å². The van der Waals surface area contributed by atoms with Gasteiger partial charge in [-0.15, -0.1) is 6.58 Å². The Morgan fingerprint density at radius 3 is 1.55 bits per heavy atom. The number of hydrogen-bond acceptors (Lipinski definition) is 4. The SMILES string of the molecule is C=CC(CCCCOc1ccc2cc(-c3cc(F)c(C(F)(F)Oc4cc(F)c(F)c(F)c4)c(F)c3)ccc2c1)CCCCOC1CCC2CC(c3cc(F)c(C(F)(F)Oc4cc(F)c(F)c(F)c4)c(F)c3)CCC2C1. The van der Waals surface area contributed by atoms with Gasteiger partial charge in [0.05, 0.1) is 12.7 Å². The van der Waals surface area contributed by atoms with Crippen molar-refractivity contribution in [2.45, 2.75) is 101 Å². The van der Waals surface area contributed by atoms with Crippen LogP contribution in [0.15, 0.2) is 97.6 Å². The molecule has 0 heterocycles. The summed E-state index contributed by atoms with van der Waals surface area (Å²) in [7, 11) is 0. The molecule has 2 aliphatic rings. The summed E-state index contributed by atoms with van der Waals surface area (Å²) >= 11 is 0. The fraction of sp³-hybridized carbons (Fsp3) is 0.368. The molecular formula is C57H50F14O4. The highest BCUT2D eigenvalue weighted by Crippen LogP contribution is 2.48. The first-order valence-corrected chi connectivity index (χ1v) is 24.5. The molecule has 0 radical (unpaired) electrons. The van der Waals surface area contributed by atoms with Crippen LogP contribution in [0.1, 0.15) is 99.7 Å². The third kappa shape index (κ3) is 13.0. The fourth-order valence-corrected chi connectivity index (χ4v) is 10.3. The maximum atomic E-state index is 15.1. The summed E-state index contributed by atoms with van der Waals surface area (Å²) < 4.78 is 221. The Kier molecular flexibility index (Phi) is 17.1. The lowest BCUT2D eigenvalue weighted by molar-refractivity contribution is -0.190. The van der Waals surface area contributed by atoms with Gasteiger partial charge in [0.15, 0.2) is 34.9 Å². The highest BCUT2D eigenvalue weighted by Gasteiger charge is 2.44. The first kappa shape index (κ1) is 54.9. The zero-order valence-electron chi connectivity index (χ0n) is 40.1. The number of rotatable bonds is 21. The summed E-state index contributed by atoms with van der Waals surface area (Å²) in [6.45, 7) is 5.08. The number of halogens is 14. The normalized spacial score (nSPS) is 18.4. The highest BCUT2D eigenvalue weighted by molar-refractivity contribution is 5.88. The smallest absolute Gasteiger partial charge is 0.432 e. The van der Waals surface area contributed by atoms with Gasteiger partial charge in [-0.05, 0) is 164 Å². The largest absolute Gasteiger partial charge is 0.494 e. The van der Waals surface area contributed by atoms with E-state index < -0.39 is 93.0 Å². The van der Waals surface area contributed by atoms with Crippen molar-refractivity contribution in [1.29, 1.82) is 0 Å². The van der Waals surface area contributed by atoms with E-state index in [1.807, 2.05) is 6.08 Å². The highest BCUT2D eigenvalue weighted by atomic mass is 19.3. The standard InChI is InChI=1S/C57H50F14O4/c1-2-31(7-3-5-17-72-40-15-13-32-19-34(9-11-36(32)21-40)38-23-44(58)52(45(59)24-38)56(68,69)74-42-27-48(62)54(66)49(63)28-42)8-4-6-18-73-41-16-14-33-20-35(10-12-37(33)22-41)39-25-46(60)53(47(61)26-39)57(70,71)75-43-29-50(64)55(67)51(65)30-43/h2,9,11,13,15,19,21,23-31,33,35,37,41H,1,3-8,10,12,14,16-18,20,22H2. The average molecular weight is 1060 g/mol. The molecule has 6 aromatic carbocycles. The monoisotopic (exact) mass is 1060 g/mol. The van der Waals surface area contributed by atoms with Crippen LogP contribution in [0.4, 0.5) is 61.5 Å². The lowest BCUT2D eigenvalue weighted by Crippen LogP contribution is -2.34. The molecule has 400 valence electrons. The number of allylic oxidation sites excluding steroid dienone is 1. The first-order chi connectivity index (χ1) is 35.7. The number of hydrogen-bond donors (Lipinski definition) is 0. The lowest BCUT2D eigenvalue weighted by Gasteiger charge is -2.42. The van der Waals surface area contributed by atoms with E-state index in [2.05, 4.69) is 16.1 Å². The van der Waals surface area contributed by atoms with E-state index in [1.54, 1.807) is 36.4 Å². The molecule has 2 fully saturated rings. The van der Waals surface area contributed by atoms with Crippen molar-refractivity contribution in [2.24, 2.45) is 17.8 Å². The molecule has 4 nitrogen and oxygen atoms in total. The Morgan fingerprint density at radius 1 is 0.493 bits per heavy atom. The van der Waals surface area contributed by atoms with E-state index in [9.17, 15) is 43.9 Å². The van der Waals surface area contributed by atoms with Gasteiger partial charge in [0.2, 0.25) is 0 Å². The number of alkyl halides is 4. The molecule has 75 heavy (non-hydrogen) atoms. The summed E-state index contributed by atoms with van der Waals surface area (Å²) in [4.78, 5) is 0. The second-order valence-electron chi connectivity index (χ2n) is 19.2.